The normalized spacial score (nSPS) is 31.6. The fourth-order valence-corrected chi connectivity index (χ4v) is 2.66. The molecule has 2 rings (SSSR count). The van der Waals surface area contributed by atoms with Gasteiger partial charge in [-0.25, -0.2) is 0 Å². The molecule has 0 aromatic carbocycles. The Morgan fingerprint density at radius 2 is 2.31 bits per heavy atom. The number of aliphatic hydroxyl groups is 1. The lowest BCUT2D eigenvalue weighted by atomic mass is 10.1. The number of hydrogen-bond donors (Lipinski definition) is 1. The van der Waals surface area contributed by atoms with E-state index in [-0.39, 0.29) is 12.2 Å². The van der Waals surface area contributed by atoms with Crippen molar-refractivity contribution in [2.45, 2.75) is 37.9 Å². The molecule has 1 N–H and O–H groups in total. The van der Waals surface area contributed by atoms with Crippen molar-refractivity contribution >= 4 is 11.8 Å². The van der Waals surface area contributed by atoms with Gasteiger partial charge in [-0.1, -0.05) is 12.8 Å². The molecule has 2 fully saturated rings. The predicted molar refractivity (Wildman–Crippen MR) is 55.0 cm³/mol. The van der Waals surface area contributed by atoms with E-state index < -0.39 is 0 Å². The zero-order valence-corrected chi connectivity index (χ0v) is 8.76. The van der Waals surface area contributed by atoms with Crippen LogP contribution in [0, 0.1) is 5.92 Å². The van der Waals surface area contributed by atoms with Crippen LogP contribution in [0.3, 0.4) is 0 Å². The molecule has 1 saturated heterocycles. The van der Waals surface area contributed by atoms with Crippen LogP contribution in [0.2, 0.25) is 0 Å². The number of aliphatic hydroxyl groups excluding tert-OH is 1. The van der Waals surface area contributed by atoms with Crippen LogP contribution in [0.5, 0.6) is 0 Å². The molecule has 0 aromatic rings. The van der Waals surface area contributed by atoms with Gasteiger partial charge in [-0.3, -0.25) is 0 Å². The van der Waals surface area contributed by atoms with E-state index in [9.17, 15) is 5.11 Å². The zero-order valence-electron chi connectivity index (χ0n) is 7.95. The average Bonchev–Trinajstić information content (AvgIpc) is 2.99. The van der Waals surface area contributed by atoms with Gasteiger partial charge in [-0.2, -0.15) is 11.8 Å². The summed E-state index contributed by atoms with van der Waals surface area (Å²) in [6.45, 7) is 0.815. The van der Waals surface area contributed by atoms with Crippen LogP contribution in [0.4, 0.5) is 0 Å². The first-order valence-electron chi connectivity index (χ1n) is 5.23. The maximum absolute atomic E-state index is 9.81. The Kier molecular flexibility index (Phi) is 3.52. The standard InChI is InChI=1S/C10H18O2S/c11-9(4-3-8-1-2-8)10-7-13-6-5-12-10/h8-11H,1-7H2. The first-order chi connectivity index (χ1) is 6.36. The third kappa shape index (κ3) is 3.15. The Hall–Kier alpha value is 0.270. The minimum Gasteiger partial charge on any atom is -0.390 e. The molecule has 76 valence electrons. The van der Waals surface area contributed by atoms with Crippen molar-refractivity contribution in [2.24, 2.45) is 5.92 Å². The van der Waals surface area contributed by atoms with Crippen LogP contribution in [0.1, 0.15) is 25.7 Å². The van der Waals surface area contributed by atoms with Crippen molar-refractivity contribution in [1.29, 1.82) is 0 Å². The van der Waals surface area contributed by atoms with E-state index in [0.717, 1.165) is 30.5 Å². The third-order valence-corrected chi connectivity index (χ3v) is 3.86. The number of ether oxygens (including phenoxy) is 1. The van der Waals surface area contributed by atoms with Crippen LogP contribution in [0.25, 0.3) is 0 Å². The lowest BCUT2D eigenvalue weighted by molar-refractivity contribution is -0.0259. The second kappa shape index (κ2) is 4.67. The van der Waals surface area contributed by atoms with Crippen LogP contribution in [-0.4, -0.2) is 35.4 Å². The molecule has 1 aliphatic heterocycles. The zero-order chi connectivity index (χ0) is 9.10. The first kappa shape index (κ1) is 9.81. The molecular weight excluding hydrogens is 184 g/mol. The van der Waals surface area contributed by atoms with Gasteiger partial charge in [-0.15, -0.1) is 0 Å². The Balaban J connectivity index is 1.64. The summed E-state index contributed by atoms with van der Waals surface area (Å²) in [7, 11) is 0. The molecule has 0 radical (unpaired) electrons. The lowest BCUT2D eigenvalue weighted by Crippen LogP contribution is -2.35. The maximum atomic E-state index is 9.81. The quantitative estimate of drug-likeness (QED) is 0.752. The summed E-state index contributed by atoms with van der Waals surface area (Å²) >= 11 is 1.90. The molecule has 0 bridgehead atoms. The minimum absolute atomic E-state index is 0.109. The summed E-state index contributed by atoms with van der Waals surface area (Å²) in [5.74, 6) is 2.99. The van der Waals surface area contributed by atoms with Crippen LogP contribution in [0.15, 0.2) is 0 Å². The van der Waals surface area contributed by atoms with Gasteiger partial charge in [0.1, 0.15) is 0 Å². The molecule has 1 saturated carbocycles. The van der Waals surface area contributed by atoms with Crippen molar-refractivity contribution in [3.05, 3.63) is 0 Å². The SMILES string of the molecule is OC(CCC1CC1)C1CSCCO1. The monoisotopic (exact) mass is 202 g/mol. The largest absolute Gasteiger partial charge is 0.390 e. The van der Waals surface area contributed by atoms with E-state index >= 15 is 0 Å². The number of rotatable bonds is 4. The second-order valence-electron chi connectivity index (χ2n) is 4.07. The number of thioether (sulfide) groups is 1. The van der Waals surface area contributed by atoms with E-state index in [1.54, 1.807) is 0 Å². The molecule has 2 aliphatic rings. The molecule has 1 heterocycles. The topological polar surface area (TPSA) is 29.5 Å². The molecule has 0 amide bonds. The van der Waals surface area contributed by atoms with Crippen LogP contribution < -0.4 is 0 Å². The molecule has 2 atom stereocenters. The Bertz CT molecular complexity index is 153. The Labute approximate surface area is 84.0 Å². The van der Waals surface area contributed by atoms with Gasteiger partial charge in [0.05, 0.1) is 18.8 Å². The fourth-order valence-electron chi connectivity index (χ4n) is 1.73. The highest BCUT2D eigenvalue weighted by Gasteiger charge is 2.26. The predicted octanol–water partition coefficient (Wildman–Crippen LogP) is 1.67. The van der Waals surface area contributed by atoms with Crippen molar-refractivity contribution in [2.75, 3.05) is 18.1 Å². The van der Waals surface area contributed by atoms with Crippen molar-refractivity contribution in [1.82, 2.24) is 0 Å². The van der Waals surface area contributed by atoms with Gasteiger partial charge >= 0.3 is 0 Å². The van der Waals surface area contributed by atoms with E-state index in [2.05, 4.69) is 0 Å². The van der Waals surface area contributed by atoms with Crippen molar-refractivity contribution in [3.63, 3.8) is 0 Å². The van der Waals surface area contributed by atoms with Crippen LogP contribution >= 0.6 is 11.8 Å². The van der Waals surface area contributed by atoms with E-state index in [4.69, 9.17) is 4.74 Å². The van der Waals surface area contributed by atoms with Gasteiger partial charge in [0, 0.05) is 11.5 Å². The van der Waals surface area contributed by atoms with Gasteiger partial charge in [0.15, 0.2) is 0 Å². The van der Waals surface area contributed by atoms with Crippen molar-refractivity contribution in [3.8, 4) is 0 Å². The highest BCUT2D eigenvalue weighted by Crippen LogP contribution is 2.34. The first-order valence-corrected chi connectivity index (χ1v) is 6.39. The smallest absolute Gasteiger partial charge is 0.0924 e. The summed E-state index contributed by atoms with van der Waals surface area (Å²) in [6.07, 6.45) is 4.80. The molecule has 0 aromatic heterocycles. The van der Waals surface area contributed by atoms with Crippen molar-refractivity contribution < 1.29 is 9.84 Å². The summed E-state index contributed by atoms with van der Waals surface area (Å²) in [6, 6.07) is 0. The van der Waals surface area contributed by atoms with E-state index in [1.165, 1.54) is 19.3 Å². The van der Waals surface area contributed by atoms with E-state index in [0.29, 0.717) is 0 Å². The van der Waals surface area contributed by atoms with Gasteiger partial charge < -0.3 is 9.84 Å². The molecule has 2 unspecified atom stereocenters. The van der Waals surface area contributed by atoms with E-state index in [1.807, 2.05) is 11.8 Å². The Morgan fingerprint density at radius 3 is 2.92 bits per heavy atom. The van der Waals surface area contributed by atoms with Crippen LogP contribution in [-0.2, 0) is 4.74 Å². The number of hydrogen-bond acceptors (Lipinski definition) is 3. The third-order valence-electron chi connectivity index (χ3n) is 2.84. The lowest BCUT2D eigenvalue weighted by Gasteiger charge is -2.26. The summed E-state index contributed by atoms with van der Waals surface area (Å²) in [4.78, 5) is 0. The maximum Gasteiger partial charge on any atom is 0.0924 e. The Morgan fingerprint density at radius 1 is 1.46 bits per heavy atom. The molecule has 13 heavy (non-hydrogen) atoms. The summed E-state index contributed by atoms with van der Waals surface area (Å²) < 4.78 is 5.52. The molecular formula is C10H18O2S. The average molecular weight is 202 g/mol. The summed E-state index contributed by atoms with van der Waals surface area (Å²) in [5.41, 5.74) is 0. The molecule has 0 spiro atoms. The molecule has 1 aliphatic carbocycles. The molecule has 3 heteroatoms. The summed E-state index contributed by atoms with van der Waals surface area (Å²) in [5, 5.41) is 9.81. The highest BCUT2D eigenvalue weighted by atomic mass is 32.2. The fraction of sp³-hybridized carbons (Fsp3) is 1.00. The van der Waals surface area contributed by atoms with Gasteiger partial charge in [0.25, 0.3) is 0 Å². The van der Waals surface area contributed by atoms with Gasteiger partial charge in [0.2, 0.25) is 0 Å². The minimum atomic E-state index is -0.214. The van der Waals surface area contributed by atoms with Gasteiger partial charge in [-0.05, 0) is 18.8 Å². The second-order valence-corrected chi connectivity index (χ2v) is 5.22. The highest BCUT2D eigenvalue weighted by molar-refractivity contribution is 7.99. The molecule has 2 nitrogen and oxygen atoms in total.